The molecule has 0 aliphatic rings. The highest BCUT2D eigenvalue weighted by molar-refractivity contribution is 7.85. The molecule has 0 spiro atoms. The molecule has 0 amide bonds. The number of hydrogen-bond acceptors (Lipinski definition) is 5. The third-order valence-electron chi connectivity index (χ3n) is 0.722. The van der Waals surface area contributed by atoms with Crippen molar-refractivity contribution < 1.29 is 17.4 Å². The van der Waals surface area contributed by atoms with Gasteiger partial charge in [-0.25, -0.2) is 0 Å². The molecule has 11 heavy (non-hydrogen) atoms. The molecular formula is C5H9NO4S. The zero-order valence-corrected chi connectivity index (χ0v) is 6.80. The van der Waals surface area contributed by atoms with E-state index in [0.29, 0.717) is 6.29 Å². The topological polar surface area (TPSA) is 86.5 Å². The molecule has 0 fully saturated rings. The Hall–Kier alpha value is -0.880. The highest BCUT2D eigenvalue weighted by Crippen LogP contribution is 1.90. The van der Waals surface area contributed by atoms with Gasteiger partial charge in [0.05, 0.1) is 6.26 Å². The van der Waals surface area contributed by atoms with E-state index in [1.807, 2.05) is 0 Å². The monoisotopic (exact) mass is 179 g/mol. The van der Waals surface area contributed by atoms with Gasteiger partial charge in [-0.1, -0.05) is 0 Å². The molecule has 0 saturated heterocycles. The molecule has 0 saturated carbocycles. The Bertz CT molecular complexity index is 254. The number of nitrogens with two attached hydrogens (primary N) is 1. The van der Waals surface area contributed by atoms with Gasteiger partial charge in [0.15, 0.2) is 0 Å². The van der Waals surface area contributed by atoms with Crippen LogP contribution in [0.25, 0.3) is 0 Å². The van der Waals surface area contributed by atoms with Crippen LogP contribution in [0.4, 0.5) is 0 Å². The van der Waals surface area contributed by atoms with E-state index < -0.39 is 10.1 Å². The smallest absolute Gasteiger partial charge is 0.264 e. The summed E-state index contributed by atoms with van der Waals surface area (Å²) < 4.78 is 25.0. The third-order valence-corrected chi connectivity index (χ3v) is 1.27. The summed E-state index contributed by atoms with van der Waals surface area (Å²) >= 11 is 0. The van der Waals surface area contributed by atoms with Crippen LogP contribution in [0.15, 0.2) is 11.8 Å². The van der Waals surface area contributed by atoms with E-state index in [-0.39, 0.29) is 12.3 Å². The quantitative estimate of drug-likeness (QED) is 0.340. The van der Waals surface area contributed by atoms with Gasteiger partial charge in [0.2, 0.25) is 0 Å². The molecule has 0 aromatic carbocycles. The minimum absolute atomic E-state index is 0.0745. The van der Waals surface area contributed by atoms with Crippen LogP contribution in [0, 0.1) is 0 Å². The second kappa shape index (κ2) is 4.09. The van der Waals surface area contributed by atoms with Gasteiger partial charge in [0.25, 0.3) is 10.1 Å². The minimum atomic E-state index is -3.47. The van der Waals surface area contributed by atoms with E-state index in [1.54, 1.807) is 0 Å². The molecule has 0 aromatic rings. The lowest BCUT2D eigenvalue weighted by atomic mass is 10.4. The molecule has 6 heteroatoms. The van der Waals surface area contributed by atoms with Crippen molar-refractivity contribution in [2.45, 2.75) is 0 Å². The van der Waals surface area contributed by atoms with Crippen molar-refractivity contribution in [1.82, 2.24) is 0 Å². The SMILES string of the molecule is CS(=O)(=O)OC/C(N)=C/C=O. The van der Waals surface area contributed by atoms with Crippen LogP contribution in [0.1, 0.15) is 0 Å². The first-order chi connectivity index (χ1) is 4.95. The van der Waals surface area contributed by atoms with Gasteiger partial charge in [-0.2, -0.15) is 8.42 Å². The fraction of sp³-hybridized carbons (Fsp3) is 0.400. The first-order valence-corrected chi connectivity index (χ1v) is 4.51. The summed E-state index contributed by atoms with van der Waals surface area (Å²) in [7, 11) is -3.47. The predicted molar refractivity (Wildman–Crippen MR) is 39.1 cm³/mol. The summed E-state index contributed by atoms with van der Waals surface area (Å²) in [5.74, 6) is 0. The van der Waals surface area contributed by atoms with Gasteiger partial charge in [-0.3, -0.25) is 8.98 Å². The van der Waals surface area contributed by atoms with Crippen LogP contribution >= 0.6 is 0 Å². The molecule has 64 valence electrons. The Morgan fingerprint density at radius 2 is 2.18 bits per heavy atom. The van der Waals surface area contributed by atoms with E-state index >= 15 is 0 Å². The lowest BCUT2D eigenvalue weighted by Gasteiger charge is -1.98. The molecule has 0 rings (SSSR count). The van der Waals surface area contributed by atoms with Gasteiger partial charge in [-0.15, -0.1) is 0 Å². The van der Waals surface area contributed by atoms with E-state index in [4.69, 9.17) is 5.73 Å². The molecule has 0 radical (unpaired) electrons. The number of aldehydes is 1. The highest BCUT2D eigenvalue weighted by atomic mass is 32.2. The maximum atomic E-state index is 10.3. The Labute approximate surface area is 65.0 Å². The predicted octanol–water partition coefficient (Wildman–Crippen LogP) is -0.996. The van der Waals surface area contributed by atoms with Gasteiger partial charge in [0.1, 0.15) is 12.9 Å². The summed E-state index contributed by atoms with van der Waals surface area (Å²) in [6.07, 6.45) is 2.40. The zero-order chi connectivity index (χ0) is 8.91. The minimum Gasteiger partial charge on any atom is -0.400 e. The number of carbonyl (C=O) groups is 1. The fourth-order valence-electron chi connectivity index (χ4n) is 0.311. The van der Waals surface area contributed by atoms with Crippen molar-refractivity contribution >= 4 is 16.4 Å². The number of rotatable bonds is 4. The van der Waals surface area contributed by atoms with E-state index in [2.05, 4.69) is 4.18 Å². The highest BCUT2D eigenvalue weighted by Gasteiger charge is 2.00. The van der Waals surface area contributed by atoms with Crippen molar-refractivity contribution in [3.8, 4) is 0 Å². The third kappa shape index (κ3) is 7.01. The number of hydrogen-bond donors (Lipinski definition) is 1. The van der Waals surface area contributed by atoms with Crippen LogP contribution in [0.2, 0.25) is 0 Å². The normalized spacial score (nSPS) is 13.0. The molecule has 0 heterocycles. The van der Waals surface area contributed by atoms with Crippen molar-refractivity contribution in [2.24, 2.45) is 5.73 Å². The maximum Gasteiger partial charge on any atom is 0.264 e. The van der Waals surface area contributed by atoms with Crippen LogP contribution < -0.4 is 5.73 Å². The van der Waals surface area contributed by atoms with Gasteiger partial charge >= 0.3 is 0 Å². The van der Waals surface area contributed by atoms with Gasteiger partial charge in [-0.05, 0) is 6.08 Å². The summed E-state index contributed by atoms with van der Waals surface area (Å²) in [5.41, 5.74) is 5.21. The van der Waals surface area contributed by atoms with Crippen LogP contribution in [-0.2, 0) is 19.1 Å². The summed E-state index contributed by atoms with van der Waals surface area (Å²) in [5, 5.41) is 0. The number of carbonyl (C=O) groups excluding carboxylic acids is 1. The zero-order valence-electron chi connectivity index (χ0n) is 5.98. The summed E-state index contributed by atoms with van der Waals surface area (Å²) in [4.78, 5) is 9.78. The largest absolute Gasteiger partial charge is 0.400 e. The second-order valence-electron chi connectivity index (χ2n) is 1.84. The average Bonchev–Trinajstić information content (AvgIpc) is 1.83. The van der Waals surface area contributed by atoms with Crippen molar-refractivity contribution in [3.05, 3.63) is 11.8 Å². The summed E-state index contributed by atoms with van der Waals surface area (Å²) in [6.45, 7) is -0.280. The Kier molecular flexibility index (Phi) is 3.77. The van der Waals surface area contributed by atoms with Gasteiger partial charge < -0.3 is 5.73 Å². The van der Waals surface area contributed by atoms with Crippen molar-refractivity contribution in [1.29, 1.82) is 0 Å². The molecule has 0 aliphatic carbocycles. The Balaban J connectivity index is 3.91. The molecule has 0 aliphatic heterocycles. The standard InChI is InChI=1S/C5H9NO4S/c1-11(8,9)10-4-5(6)2-3-7/h2-3H,4,6H2,1H3/b5-2-. The Morgan fingerprint density at radius 1 is 1.64 bits per heavy atom. The first-order valence-electron chi connectivity index (χ1n) is 2.70. The molecule has 0 bridgehead atoms. The van der Waals surface area contributed by atoms with E-state index in [0.717, 1.165) is 12.3 Å². The van der Waals surface area contributed by atoms with Crippen molar-refractivity contribution in [2.75, 3.05) is 12.9 Å². The average molecular weight is 179 g/mol. The van der Waals surface area contributed by atoms with E-state index in [9.17, 15) is 13.2 Å². The number of allylic oxidation sites excluding steroid dienone is 1. The van der Waals surface area contributed by atoms with Crippen LogP contribution in [0.3, 0.4) is 0 Å². The Morgan fingerprint density at radius 3 is 2.55 bits per heavy atom. The molecular weight excluding hydrogens is 170 g/mol. The lowest BCUT2D eigenvalue weighted by molar-refractivity contribution is -0.104. The second-order valence-corrected chi connectivity index (χ2v) is 3.49. The molecule has 0 atom stereocenters. The van der Waals surface area contributed by atoms with E-state index in [1.165, 1.54) is 0 Å². The molecule has 0 unspecified atom stereocenters. The molecule has 2 N–H and O–H groups in total. The van der Waals surface area contributed by atoms with Crippen LogP contribution in [0.5, 0.6) is 0 Å². The van der Waals surface area contributed by atoms with Crippen molar-refractivity contribution in [3.63, 3.8) is 0 Å². The van der Waals surface area contributed by atoms with Gasteiger partial charge in [0, 0.05) is 5.70 Å². The molecule has 0 aromatic heterocycles. The first kappa shape index (κ1) is 10.1. The fourth-order valence-corrected chi connectivity index (χ4v) is 0.661. The summed E-state index contributed by atoms with van der Waals surface area (Å²) in [6, 6.07) is 0. The maximum absolute atomic E-state index is 10.3. The molecule has 5 nitrogen and oxygen atoms in total. The lowest BCUT2D eigenvalue weighted by Crippen LogP contribution is -2.11. The van der Waals surface area contributed by atoms with Crippen LogP contribution in [-0.4, -0.2) is 27.6 Å².